The largest absolute Gasteiger partial charge is 0.497 e. The number of aromatic nitrogens is 10. The topological polar surface area (TPSA) is 426 Å². The maximum Gasteiger partial charge on any atom is 0.244 e. The second-order valence-electron chi connectivity index (χ2n) is 28.2. The first-order chi connectivity index (χ1) is 54.3. The Hall–Kier alpha value is -12.9. The zero-order valence-corrected chi connectivity index (χ0v) is 65.5. The highest BCUT2D eigenvalue weighted by Crippen LogP contribution is 2.50. The average molecular weight is 1530 g/mol. The second kappa shape index (κ2) is 35.2. The molecule has 0 amide bonds. The van der Waals surface area contributed by atoms with Gasteiger partial charge < -0.3 is 65.9 Å². The van der Waals surface area contributed by atoms with Gasteiger partial charge in [0.05, 0.1) is 66.3 Å². The summed E-state index contributed by atoms with van der Waals surface area (Å²) in [5, 5.41) is 76.0. The fourth-order valence-corrected chi connectivity index (χ4v) is 16.5. The molecule has 4 atom stereocenters. The molecule has 28 nitrogen and oxygen atoms in total. The number of hydrogen-bond donors (Lipinski definition) is 8. The van der Waals surface area contributed by atoms with E-state index in [0.29, 0.717) is 75.4 Å². The van der Waals surface area contributed by atoms with Gasteiger partial charge in [-0.15, -0.1) is 31.7 Å². The number of para-hydroxylation sites is 2. The maximum absolute atomic E-state index is 9.67. The Labute approximate surface area is 654 Å². The van der Waals surface area contributed by atoms with Gasteiger partial charge in [-0.05, 0) is 144 Å². The number of imidazole rings is 1. The van der Waals surface area contributed by atoms with Crippen molar-refractivity contribution in [1.29, 1.82) is 26.3 Å². The van der Waals surface area contributed by atoms with Crippen molar-refractivity contribution in [2.45, 2.75) is 143 Å². The molecule has 12 heterocycles. The number of allylic oxidation sites excluding steroid dienone is 4. The molecular formula is C83H93N21O7S. The molecular weight excluding hydrogens is 1440 g/mol. The maximum atomic E-state index is 9.67. The monoisotopic (exact) mass is 1530 g/mol. The van der Waals surface area contributed by atoms with E-state index in [-0.39, 0.29) is 41.3 Å². The molecule has 578 valence electrons. The SMILES string of the molecule is CCCCOc1ccc(C2C(C#N)=C(N)Oc3n[nH]c(C)c32)cc1.CCCc1[nH]nc2c1C(c1cc(OC)cc(OC)c1)C(C#N)=C(N)O2.CCCc1ccc(C2C(C#N)=C(N)Oc3n[nH]c(C)c32)s1.Cc1[nH]nc2c1C(C1CCCCC1)C(C#N)=C(N)O2.Cc1cc(N2CCN(C)CC2)n2c(nc3ccccc32)c1C#N. The van der Waals surface area contributed by atoms with Crippen LogP contribution in [0.25, 0.3) is 16.7 Å². The predicted molar refractivity (Wildman–Crippen MR) is 424 cm³/mol. The first kappa shape index (κ1) is 78.7. The van der Waals surface area contributed by atoms with Crippen molar-refractivity contribution in [3.8, 4) is 71.1 Å². The molecule has 10 aromatic rings. The number of unbranched alkanes of at least 4 members (excludes halogenated alkanes) is 1. The third-order valence-corrected chi connectivity index (χ3v) is 22.1. The van der Waals surface area contributed by atoms with Gasteiger partial charge in [0, 0.05) is 87.4 Å². The molecule has 1 saturated heterocycles. The Morgan fingerprint density at radius 1 is 0.545 bits per heavy atom. The van der Waals surface area contributed by atoms with Crippen LogP contribution < -0.4 is 61.0 Å². The normalized spacial score (nSPS) is 17.6. The summed E-state index contributed by atoms with van der Waals surface area (Å²) in [5.41, 5.74) is 38.9. The van der Waals surface area contributed by atoms with E-state index in [2.05, 4.69) is 137 Å². The summed E-state index contributed by atoms with van der Waals surface area (Å²) in [6.07, 6.45) is 12.0. The standard InChI is InChI=1S/C18H19N5.C18H20N4O3.C18H20N4O2.C15H16N4OS.C14H18N4O/c1-13-11-17(22-9-7-21(2)8-10-22)23-16-6-4-3-5-15(16)20-18(23)14(13)12-19;1-4-5-14-16-15(10-6-11(23-2)8-12(7-10)24-3)13(9-19)17(20)25-18(16)22-21-14;1-3-4-9-23-13-7-5-12(6-8-13)16-14(10-19)17(20)24-18-15(16)11(2)21-22-18;1-3-4-9-5-6-11(21-9)13-10(7-16)14(17)20-15-12(13)8(2)18-19-15;1-8-11-12(9-5-3-2-4-6-9)10(7-15)13(16)19-14(11)18-17-8/h3-6,11H,7-10H2,1-2H3;6-8,15H,4-5,20H2,1-3H3,(H,21,22);5-8,16H,3-4,9,20H2,1-2H3,(H,21,22);5-6,13H,3-4,17H2,1-2H3,(H,18,19);9,12H,2-6,16H2,1H3,(H,17,18). The highest BCUT2D eigenvalue weighted by Gasteiger charge is 2.41. The molecule has 4 unspecified atom stereocenters. The van der Waals surface area contributed by atoms with Crippen LogP contribution in [-0.2, 0) is 12.8 Å². The van der Waals surface area contributed by atoms with Crippen molar-refractivity contribution in [2.24, 2.45) is 28.9 Å². The molecule has 3 aromatic carbocycles. The van der Waals surface area contributed by atoms with Crippen molar-refractivity contribution in [3.63, 3.8) is 0 Å². The Bertz CT molecular complexity index is 5420. The summed E-state index contributed by atoms with van der Waals surface area (Å²) in [6, 6.07) is 38.8. The minimum Gasteiger partial charge on any atom is -0.497 e. The third-order valence-electron chi connectivity index (χ3n) is 20.9. The minimum atomic E-state index is -0.391. The number of methoxy groups -OCH3 is 2. The summed E-state index contributed by atoms with van der Waals surface area (Å²) in [5.74, 6) is 5.27. The van der Waals surface area contributed by atoms with Gasteiger partial charge in [0.1, 0.15) is 70.1 Å². The Kier molecular flexibility index (Phi) is 24.7. The van der Waals surface area contributed by atoms with Crippen molar-refractivity contribution >= 4 is 33.8 Å². The minimum absolute atomic E-state index is 0.0489. The van der Waals surface area contributed by atoms with Crippen molar-refractivity contribution in [2.75, 3.05) is 59.0 Å². The summed E-state index contributed by atoms with van der Waals surface area (Å²) >= 11 is 1.72. The molecule has 12 N–H and O–H groups in total. The number of aromatic amines is 4. The van der Waals surface area contributed by atoms with Gasteiger partial charge in [0.15, 0.2) is 5.65 Å². The number of piperazine rings is 1. The number of nitrogens with two attached hydrogens (primary N) is 4. The Morgan fingerprint density at radius 2 is 1.07 bits per heavy atom. The van der Waals surface area contributed by atoms with E-state index in [4.69, 9.17) is 61.1 Å². The number of benzene rings is 3. The lowest BCUT2D eigenvalue weighted by Gasteiger charge is -2.34. The van der Waals surface area contributed by atoms with E-state index >= 15 is 0 Å². The molecule has 29 heteroatoms. The lowest BCUT2D eigenvalue weighted by molar-refractivity contribution is 0.296. The second-order valence-corrected chi connectivity index (χ2v) is 29.4. The fourth-order valence-electron chi connectivity index (χ4n) is 15.2. The van der Waals surface area contributed by atoms with Crippen LogP contribution in [0.1, 0.15) is 179 Å². The van der Waals surface area contributed by atoms with Crippen molar-refractivity contribution in [3.05, 3.63) is 208 Å². The quantitative estimate of drug-likeness (QED) is 0.0442. The molecule has 0 spiro atoms. The number of hydrogen-bond acceptors (Lipinski definition) is 24. The van der Waals surface area contributed by atoms with Gasteiger partial charge in [-0.2, -0.15) is 26.3 Å². The molecule has 5 aliphatic heterocycles. The number of ether oxygens (including phenoxy) is 7. The number of H-pyrrole nitrogens is 4. The Balaban J connectivity index is 0.000000130. The van der Waals surface area contributed by atoms with E-state index in [9.17, 15) is 26.3 Å². The molecule has 1 aliphatic carbocycles. The molecule has 0 radical (unpaired) electrons. The number of nitrogens with zero attached hydrogens (tertiary/aromatic N) is 13. The highest BCUT2D eigenvalue weighted by molar-refractivity contribution is 7.12. The number of fused-ring (bicyclic) bond motifs is 7. The van der Waals surface area contributed by atoms with Gasteiger partial charge in [0.25, 0.3) is 0 Å². The number of aryl methyl sites for hydroxylation is 6. The van der Waals surface area contributed by atoms with Crippen LogP contribution in [0.2, 0.25) is 0 Å². The van der Waals surface area contributed by atoms with Crippen molar-refractivity contribution < 1.29 is 33.2 Å². The van der Waals surface area contributed by atoms with Crippen LogP contribution in [0.3, 0.4) is 0 Å². The molecule has 0 bridgehead atoms. The highest BCUT2D eigenvalue weighted by atomic mass is 32.1. The van der Waals surface area contributed by atoms with Crippen LogP contribution in [0.4, 0.5) is 5.82 Å². The molecule has 2 fully saturated rings. The Morgan fingerprint density at radius 3 is 1.63 bits per heavy atom. The summed E-state index contributed by atoms with van der Waals surface area (Å²) in [7, 11) is 5.33. The summed E-state index contributed by atoms with van der Waals surface area (Å²) < 4.78 is 40.5. The van der Waals surface area contributed by atoms with E-state index in [1.165, 1.54) is 24.1 Å². The van der Waals surface area contributed by atoms with Crippen molar-refractivity contribution in [1.82, 2.24) is 55.1 Å². The number of thiophene rings is 1. The first-order valence-electron chi connectivity index (χ1n) is 37.6. The van der Waals surface area contributed by atoms with Crippen LogP contribution in [0.5, 0.6) is 40.8 Å². The molecule has 1 saturated carbocycles. The van der Waals surface area contributed by atoms with Gasteiger partial charge in [0.2, 0.25) is 47.1 Å². The number of nitriles is 5. The first-order valence-corrected chi connectivity index (χ1v) is 38.5. The van der Waals surface area contributed by atoms with Gasteiger partial charge in [-0.25, -0.2) is 4.98 Å². The molecule has 7 aromatic heterocycles. The van der Waals surface area contributed by atoms with Crippen LogP contribution >= 0.6 is 11.3 Å². The molecule has 6 aliphatic rings. The van der Waals surface area contributed by atoms with Crippen LogP contribution in [0.15, 0.2) is 131 Å². The number of anilines is 1. The van der Waals surface area contributed by atoms with Gasteiger partial charge in [-0.1, -0.05) is 83.6 Å². The lowest BCUT2D eigenvalue weighted by Crippen LogP contribution is -2.45. The van der Waals surface area contributed by atoms with Crippen LogP contribution in [-0.4, -0.2) is 109 Å². The zero-order chi connectivity index (χ0) is 79.4. The zero-order valence-electron chi connectivity index (χ0n) is 64.7. The number of likely N-dealkylation sites (N-methyl/N-ethyl adjacent to an activating group) is 1. The molecule has 16 rings (SSSR count). The van der Waals surface area contributed by atoms with Crippen LogP contribution in [0, 0.1) is 90.3 Å². The van der Waals surface area contributed by atoms with E-state index < -0.39 is 5.92 Å². The third kappa shape index (κ3) is 16.1. The number of rotatable bonds is 15. The van der Waals surface area contributed by atoms with E-state index in [1.54, 1.807) is 31.6 Å². The summed E-state index contributed by atoms with van der Waals surface area (Å²) in [6.45, 7) is 18.9. The summed E-state index contributed by atoms with van der Waals surface area (Å²) in [4.78, 5) is 11.9. The fraction of sp³-hybridized carbons (Fsp3) is 0.373. The lowest BCUT2D eigenvalue weighted by atomic mass is 9.73. The van der Waals surface area contributed by atoms with E-state index in [1.807, 2.05) is 82.3 Å². The van der Waals surface area contributed by atoms with Gasteiger partial charge in [-0.3, -0.25) is 24.8 Å². The molecule has 112 heavy (non-hydrogen) atoms. The van der Waals surface area contributed by atoms with E-state index in [0.717, 1.165) is 172 Å². The average Bonchev–Trinajstić information content (AvgIpc) is 1.61. The number of pyridine rings is 1. The predicted octanol–water partition coefficient (Wildman–Crippen LogP) is 13.6. The smallest absolute Gasteiger partial charge is 0.244 e. The number of nitrogens with one attached hydrogen (secondary N) is 4. The van der Waals surface area contributed by atoms with Gasteiger partial charge >= 0.3 is 0 Å².